The van der Waals surface area contributed by atoms with Crippen molar-refractivity contribution in [1.29, 1.82) is 0 Å². The van der Waals surface area contributed by atoms with Gasteiger partial charge in [-0.3, -0.25) is 4.79 Å². The summed E-state index contributed by atoms with van der Waals surface area (Å²) in [6.45, 7) is 0.456. The van der Waals surface area contributed by atoms with Crippen molar-refractivity contribution in [3.63, 3.8) is 0 Å². The van der Waals surface area contributed by atoms with E-state index in [1.807, 2.05) is 0 Å². The molecule has 33 heavy (non-hydrogen) atoms. The van der Waals surface area contributed by atoms with Gasteiger partial charge in [-0.05, 0) is 42.5 Å². The highest BCUT2D eigenvalue weighted by Gasteiger charge is 2.30. The van der Waals surface area contributed by atoms with Gasteiger partial charge in [0.05, 0.1) is 10.5 Å². The molecular weight excluding hydrogens is 457 g/mol. The van der Waals surface area contributed by atoms with Gasteiger partial charge in [0.25, 0.3) is 0 Å². The summed E-state index contributed by atoms with van der Waals surface area (Å²) in [6.07, 6.45) is 0.473. The molecule has 10 heteroatoms. The van der Waals surface area contributed by atoms with Crippen molar-refractivity contribution in [2.24, 2.45) is 0 Å². The summed E-state index contributed by atoms with van der Waals surface area (Å²) in [4.78, 5) is 13.8. The van der Waals surface area contributed by atoms with Gasteiger partial charge in [-0.25, -0.2) is 21.6 Å². The van der Waals surface area contributed by atoms with Crippen LogP contribution in [-0.4, -0.2) is 49.7 Å². The van der Waals surface area contributed by atoms with Crippen LogP contribution in [-0.2, 0) is 21.2 Å². The number of piperazine rings is 1. The quantitative estimate of drug-likeness (QED) is 0.540. The van der Waals surface area contributed by atoms with Crippen LogP contribution in [0.25, 0.3) is 11.3 Å². The summed E-state index contributed by atoms with van der Waals surface area (Å²) < 4.78 is 72.6. The minimum absolute atomic E-state index is 0.0469. The molecule has 1 aromatic heterocycles. The SMILES string of the molecule is O=C(CCc1ccc(-c2ccccc2F)o1)N1CCN(S(=O)(=O)c2ccc(F)c(F)c2)CC1. The second-order valence-electron chi connectivity index (χ2n) is 7.61. The zero-order valence-electron chi connectivity index (χ0n) is 17.5. The van der Waals surface area contributed by atoms with Crippen molar-refractivity contribution in [2.45, 2.75) is 17.7 Å². The first kappa shape index (κ1) is 23.1. The highest BCUT2D eigenvalue weighted by Crippen LogP contribution is 2.25. The Bertz CT molecular complexity index is 1270. The Kier molecular flexibility index (Phi) is 6.57. The van der Waals surface area contributed by atoms with Crippen LogP contribution in [0.3, 0.4) is 0 Å². The van der Waals surface area contributed by atoms with Gasteiger partial charge in [0, 0.05) is 39.0 Å². The molecule has 3 aromatic rings. The number of carbonyl (C=O) groups excluding carboxylic acids is 1. The lowest BCUT2D eigenvalue weighted by Gasteiger charge is -2.34. The van der Waals surface area contributed by atoms with E-state index >= 15 is 0 Å². The molecule has 1 amide bonds. The number of hydrogen-bond donors (Lipinski definition) is 0. The molecule has 0 bridgehead atoms. The third-order valence-corrected chi connectivity index (χ3v) is 7.40. The van der Waals surface area contributed by atoms with Crippen LogP contribution in [0.15, 0.2) is 63.9 Å². The first-order chi connectivity index (χ1) is 15.8. The Morgan fingerprint density at radius 2 is 1.61 bits per heavy atom. The lowest BCUT2D eigenvalue weighted by atomic mass is 10.1. The van der Waals surface area contributed by atoms with Crippen LogP contribution in [0.4, 0.5) is 13.2 Å². The number of benzene rings is 2. The molecule has 6 nitrogen and oxygen atoms in total. The van der Waals surface area contributed by atoms with Crippen molar-refractivity contribution >= 4 is 15.9 Å². The van der Waals surface area contributed by atoms with Crippen molar-refractivity contribution in [2.75, 3.05) is 26.2 Å². The van der Waals surface area contributed by atoms with Crippen LogP contribution in [0, 0.1) is 17.5 Å². The molecule has 0 saturated carbocycles. The van der Waals surface area contributed by atoms with Crippen LogP contribution >= 0.6 is 0 Å². The summed E-state index contributed by atoms with van der Waals surface area (Å²) in [7, 11) is -3.99. The predicted molar refractivity (Wildman–Crippen MR) is 114 cm³/mol. The molecule has 0 spiro atoms. The first-order valence-corrected chi connectivity index (χ1v) is 11.8. The van der Waals surface area contributed by atoms with Gasteiger partial charge in [-0.1, -0.05) is 12.1 Å². The fourth-order valence-electron chi connectivity index (χ4n) is 3.67. The molecule has 4 rings (SSSR count). The van der Waals surface area contributed by atoms with E-state index < -0.39 is 27.5 Å². The van der Waals surface area contributed by atoms with Crippen LogP contribution < -0.4 is 0 Å². The number of nitrogens with zero attached hydrogens (tertiary/aromatic N) is 2. The van der Waals surface area contributed by atoms with Gasteiger partial charge in [-0.2, -0.15) is 4.31 Å². The zero-order chi connectivity index (χ0) is 23.6. The lowest BCUT2D eigenvalue weighted by Crippen LogP contribution is -2.50. The van der Waals surface area contributed by atoms with E-state index in [2.05, 4.69) is 0 Å². The predicted octanol–water partition coefficient (Wildman–Crippen LogP) is 3.83. The maximum absolute atomic E-state index is 13.9. The molecule has 0 radical (unpaired) electrons. The Hall–Kier alpha value is -3.11. The molecular formula is C23H21F3N2O4S. The Morgan fingerprint density at radius 3 is 2.30 bits per heavy atom. The maximum Gasteiger partial charge on any atom is 0.243 e. The highest BCUT2D eigenvalue weighted by molar-refractivity contribution is 7.89. The van der Waals surface area contributed by atoms with E-state index in [1.165, 1.54) is 6.07 Å². The average Bonchev–Trinajstić information content (AvgIpc) is 3.28. The molecule has 0 unspecified atom stereocenters. The van der Waals surface area contributed by atoms with E-state index in [4.69, 9.17) is 4.42 Å². The smallest absolute Gasteiger partial charge is 0.243 e. The van der Waals surface area contributed by atoms with Crippen molar-refractivity contribution in [3.8, 4) is 11.3 Å². The summed E-state index contributed by atoms with van der Waals surface area (Å²) in [5.74, 6) is -2.00. The van der Waals surface area contributed by atoms with Gasteiger partial charge in [0.2, 0.25) is 15.9 Å². The average molecular weight is 478 g/mol. The number of sulfonamides is 1. The Balaban J connectivity index is 1.32. The zero-order valence-corrected chi connectivity index (χ0v) is 18.3. The molecule has 1 aliphatic rings. The fraction of sp³-hybridized carbons (Fsp3) is 0.261. The third-order valence-electron chi connectivity index (χ3n) is 5.51. The van der Waals surface area contributed by atoms with Gasteiger partial charge in [0.15, 0.2) is 11.6 Å². The summed E-state index contributed by atoms with van der Waals surface area (Å²) in [6, 6.07) is 12.0. The van der Waals surface area contributed by atoms with E-state index in [-0.39, 0.29) is 43.4 Å². The maximum atomic E-state index is 13.9. The van der Waals surface area contributed by atoms with Gasteiger partial charge >= 0.3 is 0 Å². The van der Waals surface area contributed by atoms with Crippen molar-refractivity contribution in [3.05, 3.63) is 77.8 Å². The molecule has 2 aromatic carbocycles. The molecule has 0 N–H and O–H groups in total. The second-order valence-corrected chi connectivity index (χ2v) is 9.54. The van der Waals surface area contributed by atoms with Gasteiger partial charge in [0.1, 0.15) is 17.3 Å². The number of furan rings is 1. The standard InChI is InChI=1S/C23H21F3N2O4S/c24-19-4-2-1-3-18(19)22-9-5-16(32-22)6-10-23(29)27-11-13-28(14-12-27)33(30,31)17-7-8-20(25)21(26)15-17/h1-5,7-9,15H,6,10-14H2. The number of halogens is 3. The Labute approximate surface area is 189 Å². The number of amides is 1. The summed E-state index contributed by atoms with van der Waals surface area (Å²) >= 11 is 0. The lowest BCUT2D eigenvalue weighted by molar-refractivity contribution is -0.132. The molecule has 174 valence electrons. The first-order valence-electron chi connectivity index (χ1n) is 10.3. The Morgan fingerprint density at radius 1 is 0.879 bits per heavy atom. The molecule has 1 saturated heterocycles. The second kappa shape index (κ2) is 9.40. The van der Waals surface area contributed by atoms with Gasteiger partial charge in [-0.15, -0.1) is 0 Å². The van der Waals surface area contributed by atoms with E-state index in [9.17, 15) is 26.4 Å². The minimum atomic E-state index is -3.99. The van der Waals surface area contributed by atoms with Crippen LogP contribution in [0.1, 0.15) is 12.2 Å². The van der Waals surface area contributed by atoms with E-state index in [1.54, 1.807) is 35.2 Å². The normalized spacial score (nSPS) is 15.1. The molecule has 0 aliphatic carbocycles. The van der Waals surface area contributed by atoms with Crippen LogP contribution in [0.5, 0.6) is 0 Å². The number of hydrogen-bond acceptors (Lipinski definition) is 4. The summed E-state index contributed by atoms with van der Waals surface area (Å²) in [5.41, 5.74) is 0.341. The minimum Gasteiger partial charge on any atom is -0.461 e. The van der Waals surface area contributed by atoms with E-state index in [0.29, 0.717) is 29.6 Å². The van der Waals surface area contributed by atoms with Gasteiger partial charge < -0.3 is 9.32 Å². The van der Waals surface area contributed by atoms with Crippen LogP contribution in [0.2, 0.25) is 0 Å². The number of rotatable bonds is 6. The number of carbonyl (C=O) groups is 1. The number of aryl methyl sites for hydroxylation is 1. The van der Waals surface area contributed by atoms with Crippen molar-refractivity contribution in [1.82, 2.24) is 9.21 Å². The van der Waals surface area contributed by atoms with E-state index in [0.717, 1.165) is 16.4 Å². The molecule has 0 atom stereocenters. The molecule has 1 aliphatic heterocycles. The molecule has 1 fully saturated rings. The summed E-state index contributed by atoms with van der Waals surface area (Å²) in [5, 5.41) is 0. The fourth-order valence-corrected chi connectivity index (χ4v) is 5.11. The third kappa shape index (κ3) is 4.96. The monoisotopic (exact) mass is 478 g/mol. The van der Waals surface area contributed by atoms with Crippen molar-refractivity contribution < 1.29 is 30.8 Å². The topological polar surface area (TPSA) is 70.8 Å². The largest absolute Gasteiger partial charge is 0.461 e. The molecule has 2 heterocycles. The highest BCUT2D eigenvalue weighted by atomic mass is 32.2.